The molecule has 2 fully saturated rings. The number of hydrogen-bond acceptors (Lipinski definition) is 2. The summed E-state index contributed by atoms with van der Waals surface area (Å²) in [7, 11) is 2.02. The molecule has 0 heterocycles. The zero-order chi connectivity index (χ0) is 13.5. The van der Waals surface area contributed by atoms with E-state index < -0.39 is 0 Å². The monoisotopic (exact) mass is 283 g/mol. The third-order valence-corrected chi connectivity index (χ3v) is 5.13. The van der Waals surface area contributed by atoms with Gasteiger partial charge in [-0.15, -0.1) is 0 Å². The van der Waals surface area contributed by atoms with Crippen molar-refractivity contribution in [2.24, 2.45) is 5.41 Å². The molecule has 0 bridgehead atoms. The van der Waals surface area contributed by atoms with Gasteiger partial charge in [-0.2, -0.15) is 0 Å². The third-order valence-electron chi connectivity index (χ3n) is 4.83. The Hall–Kier alpha value is -0.800. The highest BCUT2D eigenvalue weighted by atomic mass is 35.5. The maximum absolute atomic E-state index is 13.0. The molecule has 1 aromatic carbocycles. The first-order valence-corrected chi connectivity index (χ1v) is 7.32. The van der Waals surface area contributed by atoms with E-state index in [0.29, 0.717) is 16.8 Å². The smallest absolute Gasteiger partial charge is 0.138 e. The van der Waals surface area contributed by atoms with Crippen LogP contribution >= 0.6 is 11.6 Å². The van der Waals surface area contributed by atoms with E-state index in [-0.39, 0.29) is 17.3 Å². The summed E-state index contributed by atoms with van der Waals surface area (Å²) in [6.07, 6.45) is 6.17. The van der Waals surface area contributed by atoms with Crippen LogP contribution in [0.5, 0.6) is 5.75 Å². The summed E-state index contributed by atoms with van der Waals surface area (Å²) in [5, 5.41) is 3.76. The Kier molecular flexibility index (Phi) is 3.44. The van der Waals surface area contributed by atoms with E-state index >= 15 is 0 Å². The molecule has 19 heavy (non-hydrogen) atoms. The van der Waals surface area contributed by atoms with Crippen molar-refractivity contribution >= 4 is 11.6 Å². The molecule has 2 nitrogen and oxygen atoms in total. The van der Waals surface area contributed by atoms with Crippen molar-refractivity contribution < 1.29 is 9.13 Å². The van der Waals surface area contributed by atoms with Gasteiger partial charge in [0.15, 0.2) is 0 Å². The third kappa shape index (κ3) is 2.13. The predicted octanol–water partition coefficient (Wildman–Crippen LogP) is 3.78. The van der Waals surface area contributed by atoms with Gasteiger partial charge < -0.3 is 10.1 Å². The quantitative estimate of drug-likeness (QED) is 0.911. The molecule has 2 atom stereocenters. The van der Waals surface area contributed by atoms with Crippen LogP contribution in [0.2, 0.25) is 5.02 Å². The van der Waals surface area contributed by atoms with Crippen molar-refractivity contribution in [2.45, 2.75) is 44.2 Å². The van der Waals surface area contributed by atoms with Crippen molar-refractivity contribution in [3.63, 3.8) is 0 Å². The van der Waals surface area contributed by atoms with E-state index in [4.69, 9.17) is 16.3 Å². The van der Waals surface area contributed by atoms with Gasteiger partial charge in [-0.25, -0.2) is 4.39 Å². The fourth-order valence-corrected chi connectivity index (χ4v) is 3.96. The van der Waals surface area contributed by atoms with Crippen LogP contribution in [0, 0.1) is 11.2 Å². The van der Waals surface area contributed by atoms with Crippen LogP contribution in [-0.4, -0.2) is 19.2 Å². The van der Waals surface area contributed by atoms with Gasteiger partial charge in [0.25, 0.3) is 0 Å². The minimum absolute atomic E-state index is 0.204. The summed E-state index contributed by atoms with van der Waals surface area (Å²) in [5.41, 5.74) is 0.256. The van der Waals surface area contributed by atoms with Gasteiger partial charge in [0, 0.05) is 17.9 Å². The van der Waals surface area contributed by atoms with Crippen molar-refractivity contribution in [1.82, 2.24) is 5.32 Å². The van der Waals surface area contributed by atoms with Gasteiger partial charge in [0.2, 0.25) is 0 Å². The molecular formula is C15H19ClFNO. The van der Waals surface area contributed by atoms with Gasteiger partial charge in [-0.1, -0.05) is 24.4 Å². The average molecular weight is 284 g/mol. The lowest BCUT2D eigenvalue weighted by atomic mass is 9.60. The fraction of sp³-hybridized carbons (Fsp3) is 0.600. The summed E-state index contributed by atoms with van der Waals surface area (Å²) in [4.78, 5) is 0. The van der Waals surface area contributed by atoms with Crippen molar-refractivity contribution in [3.8, 4) is 5.75 Å². The Labute approximate surface area is 118 Å². The molecule has 2 unspecified atom stereocenters. The Morgan fingerprint density at radius 2 is 2.11 bits per heavy atom. The maximum Gasteiger partial charge on any atom is 0.138 e. The normalized spacial score (nSPS) is 28.4. The van der Waals surface area contributed by atoms with E-state index in [2.05, 4.69) is 5.32 Å². The fourth-order valence-electron chi connectivity index (χ4n) is 3.75. The largest absolute Gasteiger partial charge is 0.488 e. The van der Waals surface area contributed by atoms with Gasteiger partial charge in [0.1, 0.15) is 17.7 Å². The van der Waals surface area contributed by atoms with E-state index in [0.717, 1.165) is 6.42 Å². The molecule has 2 aliphatic rings. The van der Waals surface area contributed by atoms with Crippen LogP contribution in [0.3, 0.4) is 0 Å². The lowest BCUT2D eigenvalue weighted by molar-refractivity contribution is -0.0736. The molecule has 1 N–H and O–H groups in total. The molecule has 0 radical (unpaired) electrons. The second-order valence-corrected chi connectivity index (χ2v) is 6.11. The zero-order valence-corrected chi connectivity index (χ0v) is 11.8. The molecule has 2 aliphatic carbocycles. The van der Waals surface area contributed by atoms with E-state index in [1.807, 2.05) is 7.05 Å². The maximum atomic E-state index is 13.0. The van der Waals surface area contributed by atoms with Crippen molar-refractivity contribution in [3.05, 3.63) is 29.0 Å². The first-order valence-electron chi connectivity index (χ1n) is 6.95. The highest BCUT2D eigenvalue weighted by Gasteiger charge is 2.57. The molecular weight excluding hydrogens is 265 g/mol. The van der Waals surface area contributed by atoms with E-state index in [1.165, 1.54) is 37.8 Å². The summed E-state index contributed by atoms with van der Waals surface area (Å²) in [6.45, 7) is 0. The van der Waals surface area contributed by atoms with Gasteiger partial charge in [-0.3, -0.25) is 0 Å². The SMILES string of the molecule is CNC1CC(Oc2ccc(F)cc2Cl)C12CCCC2. The summed E-state index contributed by atoms with van der Waals surface area (Å²) in [5.74, 6) is 0.281. The zero-order valence-electron chi connectivity index (χ0n) is 11.1. The number of hydrogen-bond donors (Lipinski definition) is 1. The molecule has 0 saturated heterocycles. The highest BCUT2D eigenvalue weighted by molar-refractivity contribution is 6.32. The molecule has 2 saturated carbocycles. The van der Waals surface area contributed by atoms with Crippen LogP contribution in [0.15, 0.2) is 18.2 Å². The summed E-state index contributed by atoms with van der Waals surface area (Å²) < 4.78 is 19.1. The minimum atomic E-state index is -0.324. The van der Waals surface area contributed by atoms with Crippen LogP contribution in [0.1, 0.15) is 32.1 Å². The van der Waals surface area contributed by atoms with Crippen LogP contribution in [0.25, 0.3) is 0 Å². The van der Waals surface area contributed by atoms with Crippen molar-refractivity contribution in [2.75, 3.05) is 7.05 Å². The van der Waals surface area contributed by atoms with Crippen LogP contribution < -0.4 is 10.1 Å². The van der Waals surface area contributed by atoms with Crippen LogP contribution in [0.4, 0.5) is 4.39 Å². The molecule has 4 heteroatoms. The second-order valence-electron chi connectivity index (χ2n) is 5.70. The Morgan fingerprint density at radius 1 is 1.37 bits per heavy atom. The van der Waals surface area contributed by atoms with Gasteiger partial charge >= 0.3 is 0 Å². The molecule has 0 aromatic heterocycles. The molecule has 104 valence electrons. The lowest BCUT2D eigenvalue weighted by Crippen LogP contribution is -2.63. The van der Waals surface area contributed by atoms with E-state index in [1.54, 1.807) is 6.07 Å². The molecule has 0 aliphatic heterocycles. The molecule has 3 rings (SSSR count). The highest BCUT2D eigenvalue weighted by Crippen LogP contribution is 2.54. The molecule has 0 amide bonds. The first-order chi connectivity index (χ1) is 9.15. The number of rotatable bonds is 3. The molecule has 1 spiro atoms. The Balaban J connectivity index is 1.77. The first kappa shape index (κ1) is 13.2. The number of nitrogens with one attached hydrogen (secondary N) is 1. The van der Waals surface area contributed by atoms with E-state index in [9.17, 15) is 4.39 Å². The summed E-state index contributed by atoms with van der Waals surface area (Å²) in [6, 6.07) is 4.88. The second kappa shape index (κ2) is 4.95. The Morgan fingerprint density at radius 3 is 2.74 bits per heavy atom. The summed E-state index contributed by atoms with van der Waals surface area (Å²) >= 11 is 6.04. The standard InChI is InChI=1S/C15H19ClFNO/c1-18-13-9-14(15(13)6-2-3-7-15)19-12-5-4-10(17)8-11(12)16/h4-5,8,13-14,18H,2-3,6-7,9H2,1H3. The van der Waals surface area contributed by atoms with Gasteiger partial charge in [0.05, 0.1) is 5.02 Å². The van der Waals surface area contributed by atoms with Gasteiger partial charge in [-0.05, 0) is 38.1 Å². The Bertz CT molecular complexity index is 473. The number of halogens is 2. The van der Waals surface area contributed by atoms with Crippen molar-refractivity contribution in [1.29, 1.82) is 0 Å². The molecule has 1 aromatic rings. The minimum Gasteiger partial charge on any atom is -0.488 e. The number of benzene rings is 1. The number of ether oxygens (including phenoxy) is 1. The topological polar surface area (TPSA) is 21.3 Å². The predicted molar refractivity (Wildman–Crippen MR) is 74.2 cm³/mol. The lowest BCUT2D eigenvalue weighted by Gasteiger charge is -2.53. The average Bonchev–Trinajstić information content (AvgIpc) is 2.88. The van der Waals surface area contributed by atoms with Crippen LogP contribution in [-0.2, 0) is 0 Å².